The van der Waals surface area contributed by atoms with Gasteiger partial charge < -0.3 is 10.2 Å². The minimum atomic E-state index is -0.134. The molecular weight excluding hydrogens is 228 g/mol. The highest BCUT2D eigenvalue weighted by Gasteiger charge is 2.00. The quantitative estimate of drug-likeness (QED) is 0.443. The van der Waals surface area contributed by atoms with Gasteiger partial charge in [0.05, 0.1) is 6.61 Å². The van der Waals surface area contributed by atoms with Crippen LogP contribution in [0, 0.1) is 13.8 Å². The summed E-state index contributed by atoms with van der Waals surface area (Å²) in [5, 5.41) is 0. The summed E-state index contributed by atoms with van der Waals surface area (Å²) < 4.78 is 4.85. The fourth-order valence-electron chi connectivity index (χ4n) is 1.77. The third-order valence-corrected chi connectivity index (χ3v) is 2.44. The van der Waals surface area contributed by atoms with Crippen molar-refractivity contribution in [3.63, 3.8) is 0 Å². The molecule has 1 rings (SSSR count). The Labute approximate surface area is 109 Å². The van der Waals surface area contributed by atoms with Crippen molar-refractivity contribution in [3.05, 3.63) is 29.3 Å². The van der Waals surface area contributed by atoms with E-state index in [2.05, 4.69) is 42.9 Å². The monoisotopic (exact) mass is 250 g/mol. The molecule has 100 valence electrons. The fraction of sp³-hybridized carbons (Fsp3) is 0.500. The van der Waals surface area contributed by atoms with Crippen LogP contribution in [0.15, 0.2) is 18.2 Å². The highest BCUT2D eigenvalue weighted by atomic mass is 16.5. The number of hydrogen-bond acceptors (Lipinski definition) is 4. The van der Waals surface area contributed by atoms with Crippen molar-refractivity contribution in [3.8, 4) is 0 Å². The Kier molecular flexibility index (Phi) is 6.22. The van der Waals surface area contributed by atoms with Gasteiger partial charge in [-0.3, -0.25) is 4.79 Å². The summed E-state index contributed by atoms with van der Waals surface area (Å²) in [6, 6.07) is 6.28. The first-order chi connectivity index (χ1) is 8.61. The Hall–Kier alpha value is -1.55. The SMILES string of the molecule is CCOC(=O)CCCNNc1cc(C)cc(C)c1. The Balaban J connectivity index is 2.19. The van der Waals surface area contributed by atoms with E-state index in [-0.39, 0.29) is 5.97 Å². The van der Waals surface area contributed by atoms with Gasteiger partial charge in [-0.25, -0.2) is 5.43 Å². The lowest BCUT2D eigenvalue weighted by Crippen LogP contribution is -2.23. The second-order valence-electron chi connectivity index (χ2n) is 4.34. The first kappa shape index (κ1) is 14.5. The molecule has 2 N–H and O–H groups in total. The molecular formula is C14H22N2O2. The van der Waals surface area contributed by atoms with Gasteiger partial charge in [0.1, 0.15) is 0 Å². The van der Waals surface area contributed by atoms with Crippen molar-refractivity contribution >= 4 is 11.7 Å². The maximum Gasteiger partial charge on any atom is 0.305 e. The summed E-state index contributed by atoms with van der Waals surface area (Å²) in [5.41, 5.74) is 9.73. The molecule has 0 unspecified atom stereocenters. The number of ether oxygens (including phenoxy) is 1. The van der Waals surface area contributed by atoms with Crippen LogP contribution < -0.4 is 10.9 Å². The van der Waals surface area contributed by atoms with Gasteiger partial charge in [0.25, 0.3) is 0 Å². The molecule has 0 heterocycles. The number of carbonyl (C=O) groups is 1. The smallest absolute Gasteiger partial charge is 0.305 e. The number of nitrogens with one attached hydrogen (secondary N) is 2. The van der Waals surface area contributed by atoms with Gasteiger partial charge in [-0.15, -0.1) is 0 Å². The molecule has 0 spiro atoms. The number of aryl methyl sites for hydroxylation is 2. The molecule has 0 saturated heterocycles. The Morgan fingerprint density at radius 3 is 2.50 bits per heavy atom. The average molecular weight is 250 g/mol. The predicted molar refractivity (Wildman–Crippen MR) is 73.4 cm³/mol. The molecule has 0 saturated carbocycles. The van der Waals surface area contributed by atoms with Gasteiger partial charge >= 0.3 is 5.97 Å². The highest BCUT2D eigenvalue weighted by molar-refractivity contribution is 5.69. The van der Waals surface area contributed by atoms with Crippen molar-refractivity contribution in [1.82, 2.24) is 5.43 Å². The Bertz CT molecular complexity index is 371. The number of hydrogen-bond donors (Lipinski definition) is 2. The molecule has 1 aromatic carbocycles. The van der Waals surface area contributed by atoms with Crippen LogP contribution in [-0.2, 0) is 9.53 Å². The standard InChI is InChI=1S/C14H22N2O2/c1-4-18-14(17)6-5-7-15-16-13-9-11(2)8-12(3)10-13/h8-10,15-16H,4-7H2,1-3H3. The molecule has 0 amide bonds. The summed E-state index contributed by atoms with van der Waals surface area (Å²) in [4.78, 5) is 11.1. The van der Waals surface area contributed by atoms with E-state index in [0.29, 0.717) is 13.0 Å². The zero-order valence-electron chi connectivity index (χ0n) is 11.4. The first-order valence-corrected chi connectivity index (χ1v) is 6.34. The van der Waals surface area contributed by atoms with Crippen LogP contribution in [0.2, 0.25) is 0 Å². The normalized spacial score (nSPS) is 10.2. The minimum absolute atomic E-state index is 0.134. The Morgan fingerprint density at radius 2 is 1.89 bits per heavy atom. The van der Waals surface area contributed by atoms with Crippen LogP contribution in [-0.4, -0.2) is 19.1 Å². The lowest BCUT2D eigenvalue weighted by molar-refractivity contribution is -0.143. The highest BCUT2D eigenvalue weighted by Crippen LogP contribution is 2.12. The van der Waals surface area contributed by atoms with E-state index < -0.39 is 0 Å². The topological polar surface area (TPSA) is 50.4 Å². The minimum Gasteiger partial charge on any atom is -0.466 e. The van der Waals surface area contributed by atoms with Crippen molar-refractivity contribution < 1.29 is 9.53 Å². The van der Waals surface area contributed by atoms with E-state index in [1.165, 1.54) is 11.1 Å². The lowest BCUT2D eigenvalue weighted by Gasteiger charge is -2.10. The maximum atomic E-state index is 11.1. The number of rotatable bonds is 7. The zero-order chi connectivity index (χ0) is 13.4. The van der Waals surface area contributed by atoms with Gasteiger partial charge in [0.2, 0.25) is 0 Å². The largest absolute Gasteiger partial charge is 0.466 e. The summed E-state index contributed by atoms with van der Waals surface area (Å²) in [5.74, 6) is -0.134. The van der Waals surface area contributed by atoms with Crippen molar-refractivity contribution in [2.45, 2.75) is 33.6 Å². The third-order valence-electron chi connectivity index (χ3n) is 2.44. The summed E-state index contributed by atoms with van der Waals surface area (Å²) in [6.07, 6.45) is 1.21. The number of hydrazine groups is 1. The van der Waals surface area contributed by atoms with Gasteiger partial charge in [-0.1, -0.05) is 6.07 Å². The second kappa shape index (κ2) is 7.71. The van der Waals surface area contributed by atoms with Gasteiger partial charge in [-0.2, -0.15) is 0 Å². The zero-order valence-corrected chi connectivity index (χ0v) is 11.4. The summed E-state index contributed by atoms with van der Waals surface area (Å²) in [7, 11) is 0. The fourth-order valence-corrected chi connectivity index (χ4v) is 1.77. The van der Waals surface area contributed by atoms with Crippen molar-refractivity contribution in [1.29, 1.82) is 0 Å². The molecule has 0 aliphatic rings. The molecule has 4 heteroatoms. The van der Waals surface area contributed by atoms with E-state index in [4.69, 9.17) is 4.74 Å². The van der Waals surface area contributed by atoms with E-state index in [0.717, 1.165) is 18.7 Å². The number of anilines is 1. The van der Waals surface area contributed by atoms with Gasteiger partial charge in [0.15, 0.2) is 0 Å². The molecule has 0 radical (unpaired) electrons. The van der Waals surface area contributed by atoms with Crippen LogP contribution >= 0.6 is 0 Å². The van der Waals surface area contributed by atoms with Crippen LogP contribution in [0.25, 0.3) is 0 Å². The summed E-state index contributed by atoms with van der Waals surface area (Å²) in [6.45, 7) is 7.13. The van der Waals surface area contributed by atoms with Crippen LogP contribution in [0.5, 0.6) is 0 Å². The second-order valence-corrected chi connectivity index (χ2v) is 4.34. The number of benzene rings is 1. The van der Waals surface area contributed by atoms with Crippen LogP contribution in [0.1, 0.15) is 30.9 Å². The summed E-state index contributed by atoms with van der Waals surface area (Å²) >= 11 is 0. The van der Waals surface area contributed by atoms with Crippen molar-refractivity contribution in [2.75, 3.05) is 18.6 Å². The molecule has 0 aromatic heterocycles. The molecule has 0 fully saturated rings. The number of carbonyl (C=O) groups excluding carboxylic acids is 1. The van der Waals surface area contributed by atoms with E-state index in [1.807, 2.05) is 6.92 Å². The Morgan fingerprint density at radius 1 is 1.22 bits per heavy atom. The van der Waals surface area contributed by atoms with Crippen molar-refractivity contribution in [2.24, 2.45) is 0 Å². The molecule has 4 nitrogen and oxygen atoms in total. The molecule has 18 heavy (non-hydrogen) atoms. The number of esters is 1. The van der Waals surface area contributed by atoms with Gasteiger partial charge in [0, 0.05) is 18.7 Å². The lowest BCUT2D eigenvalue weighted by atomic mass is 10.1. The van der Waals surface area contributed by atoms with Crippen LogP contribution in [0.3, 0.4) is 0 Å². The molecule has 1 aromatic rings. The van der Waals surface area contributed by atoms with E-state index >= 15 is 0 Å². The van der Waals surface area contributed by atoms with E-state index in [9.17, 15) is 4.79 Å². The van der Waals surface area contributed by atoms with Gasteiger partial charge in [-0.05, 0) is 50.5 Å². The molecule has 0 atom stereocenters. The average Bonchev–Trinajstić information content (AvgIpc) is 2.27. The van der Waals surface area contributed by atoms with Crippen LogP contribution in [0.4, 0.5) is 5.69 Å². The molecule has 0 aliphatic carbocycles. The molecule has 0 aliphatic heterocycles. The van der Waals surface area contributed by atoms with E-state index in [1.54, 1.807) is 0 Å². The predicted octanol–water partition coefficient (Wildman–Crippen LogP) is 2.56. The molecule has 0 bridgehead atoms. The maximum absolute atomic E-state index is 11.1. The third kappa shape index (κ3) is 5.68. The first-order valence-electron chi connectivity index (χ1n) is 6.34.